The van der Waals surface area contributed by atoms with Crippen LogP contribution in [-0.2, 0) is 23.7 Å². The topological polar surface area (TPSA) is 67.3 Å². The lowest BCUT2D eigenvalue weighted by Gasteiger charge is -2.32. The summed E-state index contributed by atoms with van der Waals surface area (Å²) < 4.78 is 0. The summed E-state index contributed by atoms with van der Waals surface area (Å²) in [6, 6.07) is 40.0. The lowest BCUT2D eigenvalue weighted by atomic mass is 9.74. The summed E-state index contributed by atoms with van der Waals surface area (Å²) in [5.41, 5.74) is 21.3. The Hall–Kier alpha value is -4.38. The molecule has 5 rings (SSSR count). The fourth-order valence-corrected chi connectivity index (χ4v) is 8.52. The highest BCUT2D eigenvalue weighted by Crippen LogP contribution is 2.50. The predicted molar refractivity (Wildman–Crippen MR) is 239 cm³/mol. The molecule has 0 amide bonds. The monoisotopic (exact) mass is 737 g/mol. The summed E-state index contributed by atoms with van der Waals surface area (Å²) >= 11 is 0. The first-order valence-electron chi connectivity index (χ1n) is 21.2. The molecule has 5 N–H and O–H groups in total. The molecule has 4 heteroatoms. The highest BCUT2D eigenvalue weighted by Gasteiger charge is 2.42. The van der Waals surface area contributed by atoms with Gasteiger partial charge in [-0.3, -0.25) is 0 Å². The van der Waals surface area contributed by atoms with Gasteiger partial charge in [-0.05, 0) is 137 Å². The molecular formula is C51H68N4. The van der Waals surface area contributed by atoms with E-state index in [2.05, 4.69) is 164 Å². The second-order valence-electron chi connectivity index (χ2n) is 16.0. The van der Waals surface area contributed by atoms with Crippen molar-refractivity contribution in [3.63, 3.8) is 0 Å². The van der Waals surface area contributed by atoms with E-state index in [1.54, 1.807) is 0 Å². The molecule has 0 fully saturated rings. The quantitative estimate of drug-likeness (QED) is 0.0495. The molecule has 4 aromatic rings. The van der Waals surface area contributed by atoms with Gasteiger partial charge in [-0.15, -0.1) is 0 Å². The summed E-state index contributed by atoms with van der Waals surface area (Å²) in [7, 11) is 0. The van der Waals surface area contributed by atoms with E-state index in [-0.39, 0.29) is 10.8 Å². The molecule has 0 saturated heterocycles. The second kappa shape index (κ2) is 22.2. The van der Waals surface area contributed by atoms with E-state index in [9.17, 15) is 0 Å². The molecule has 0 radical (unpaired) electrons. The van der Waals surface area contributed by atoms with Crippen molar-refractivity contribution in [3.05, 3.63) is 168 Å². The highest BCUT2D eigenvalue weighted by molar-refractivity contribution is 5.71. The van der Waals surface area contributed by atoms with Gasteiger partial charge in [0.05, 0.1) is 0 Å². The number of aryl methyl sites for hydroxylation is 2. The Bertz CT molecular complexity index is 1780. The first-order valence-corrected chi connectivity index (χ1v) is 21.2. The summed E-state index contributed by atoms with van der Waals surface area (Å²) in [6.45, 7) is 8.45. The van der Waals surface area contributed by atoms with Gasteiger partial charge >= 0.3 is 0 Å². The number of hydrogen-bond donors (Lipinski definition) is 3. The summed E-state index contributed by atoms with van der Waals surface area (Å²) in [6.07, 6.45) is 26.0. The maximum absolute atomic E-state index is 5.88. The van der Waals surface area contributed by atoms with Gasteiger partial charge in [-0.1, -0.05) is 141 Å². The number of unbranched alkanes of at least 4 members (excludes halogenated alkanes) is 4. The number of allylic oxidation sites excluding steroid dienone is 6. The number of fused-ring (bicyclic) bond motifs is 1. The first-order chi connectivity index (χ1) is 27.0. The zero-order valence-electron chi connectivity index (χ0n) is 33.9. The number of rotatable bonds is 24. The van der Waals surface area contributed by atoms with Crippen LogP contribution in [0.5, 0.6) is 0 Å². The Morgan fingerprint density at radius 1 is 0.655 bits per heavy atom. The van der Waals surface area contributed by atoms with Crippen LogP contribution in [-0.4, -0.2) is 26.2 Å². The molecule has 292 valence electrons. The minimum atomic E-state index is -0.0500. The molecule has 1 heterocycles. The third-order valence-electron chi connectivity index (χ3n) is 11.7. The molecule has 0 bridgehead atoms. The van der Waals surface area contributed by atoms with Crippen molar-refractivity contribution in [1.82, 2.24) is 0 Å². The standard InChI is InChI=1S/C51H68N4/c1-50(37-23-29-43-25-9-5-10-26-43,45-31-14-16-33-47(45)54-41-21-7-19-39-52)36-18-4-3-13-35-49-51(2,38-24-30-44-27-11-6-12-28-44)46-32-15-17-34-48(46)55(49)42-22-8-20-40-53/h3-6,9-18,25-28,31-35,54H,7-8,19-24,29-30,36-42,52-53H2,1-2H3/b13-3+,18-4+,49-35+. The Balaban J connectivity index is 1.35. The predicted octanol–water partition coefficient (Wildman–Crippen LogP) is 11.8. The van der Waals surface area contributed by atoms with Crippen LogP contribution < -0.4 is 21.7 Å². The van der Waals surface area contributed by atoms with Crippen molar-refractivity contribution in [2.24, 2.45) is 11.5 Å². The van der Waals surface area contributed by atoms with Gasteiger partial charge in [0.15, 0.2) is 0 Å². The zero-order chi connectivity index (χ0) is 38.6. The summed E-state index contributed by atoms with van der Waals surface area (Å²) in [5, 5.41) is 3.79. The molecule has 55 heavy (non-hydrogen) atoms. The molecule has 0 aliphatic carbocycles. The van der Waals surface area contributed by atoms with Crippen LogP contribution in [0.3, 0.4) is 0 Å². The minimum Gasteiger partial charge on any atom is -0.385 e. The molecule has 2 unspecified atom stereocenters. The van der Waals surface area contributed by atoms with Crippen LogP contribution in [0.15, 0.2) is 145 Å². The fraction of sp³-hybridized carbons (Fsp3) is 0.412. The van der Waals surface area contributed by atoms with Crippen LogP contribution in [0.2, 0.25) is 0 Å². The molecule has 4 aromatic carbocycles. The van der Waals surface area contributed by atoms with E-state index in [0.29, 0.717) is 0 Å². The Morgan fingerprint density at radius 2 is 1.29 bits per heavy atom. The van der Waals surface area contributed by atoms with E-state index in [4.69, 9.17) is 11.5 Å². The molecule has 0 saturated carbocycles. The van der Waals surface area contributed by atoms with Crippen molar-refractivity contribution in [3.8, 4) is 0 Å². The van der Waals surface area contributed by atoms with Gasteiger partial charge in [-0.2, -0.15) is 0 Å². The van der Waals surface area contributed by atoms with Crippen molar-refractivity contribution < 1.29 is 0 Å². The Labute approximate surface area is 333 Å². The fourth-order valence-electron chi connectivity index (χ4n) is 8.52. The molecule has 2 atom stereocenters. The molecule has 1 aliphatic heterocycles. The molecule has 4 nitrogen and oxygen atoms in total. The second-order valence-corrected chi connectivity index (χ2v) is 16.0. The van der Waals surface area contributed by atoms with Crippen molar-refractivity contribution in [1.29, 1.82) is 0 Å². The van der Waals surface area contributed by atoms with Gasteiger partial charge in [0, 0.05) is 35.6 Å². The lowest BCUT2D eigenvalue weighted by Crippen LogP contribution is -2.29. The average Bonchev–Trinajstić information content (AvgIpc) is 3.45. The SMILES string of the molecule is CC(C/C=C/C=C/C=C1/N(CCCCCN)c2ccccc2C1(C)CCCc1ccccc1)(CCCc1ccccc1)c1ccccc1NCCCCCN. The van der Waals surface area contributed by atoms with Crippen LogP contribution in [0.25, 0.3) is 0 Å². The van der Waals surface area contributed by atoms with E-state index in [0.717, 1.165) is 110 Å². The van der Waals surface area contributed by atoms with Gasteiger partial charge in [-0.25, -0.2) is 0 Å². The van der Waals surface area contributed by atoms with Crippen LogP contribution in [0.4, 0.5) is 11.4 Å². The number of para-hydroxylation sites is 2. The molecule has 0 spiro atoms. The Kier molecular flexibility index (Phi) is 16.9. The maximum atomic E-state index is 5.88. The minimum absolute atomic E-state index is 0.00316. The number of nitrogens with zero attached hydrogens (tertiary/aromatic N) is 1. The number of nitrogens with one attached hydrogen (secondary N) is 1. The third-order valence-corrected chi connectivity index (χ3v) is 11.7. The van der Waals surface area contributed by atoms with E-state index in [1.165, 1.54) is 39.3 Å². The summed E-state index contributed by atoms with van der Waals surface area (Å²) in [4.78, 5) is 2.60. The maximum Gasteiger partial charge on any atom is 0.0450 e. The molecule has 0 aromatic heterocycles. The van der Waals surface area contributed by atoms with Gasteiger partial charge in [0.2, 0.25) is 0 Å². The number of anilines is 2. The average molecular weight is 737 g/mol. The van der Waals surface area contributed by atoms with Gasteiger partial charge < -0.3 is 21.7 Å². The lowest BCUT2D eigenvalue weighted by molar-refractivity contribution is 0.425. The zero-order valence-corrected chi connectivity index (χ0v) is 33.9. The number of hydrogen-bond acceptors (Lipinski definition) is 4. The number of nitrogens with two attached hydrogens (primary N) is 2. The van der Waals surface area contributed by atoms with Crippen molar-refractivity contribution in [2.45, 2.75) is 108 Å². The van der Waals surface area contributed by atoms with Gasteiger partial charge in [0.25, 0.3) is 0 Å². The highest BCUT2D eigenvalue weighted by atomic mass is 15.2. The van der Waals surface area contributed by atoms with Crippen molar-refractivity contribution in [2.75, 3.05) is 36.4 Å². The summed E-state index contributed by atoms with van der Waals surface area (Å²) in [5.74, 6) is 0. The third kappa shape index (κ3) is 12.1. The van der Waals surface area contributed by atoms with Crippen LogP contribution in [0.1, 0.15) is 107 Å². The van der Waals surface area contributed by atoms with Crippen LogP contribution >= 0.6 is 0 Å². The normalized spacial score (nSPS) is 17.3. The van der Waals surface area contributed by atoms with Crippen LogP contribution in [0, 0.1) is 0 Å². The Morgan fingerprint density at radius 3 is 2.02 bits per heavy atom. The van der Waals surface area contributed by atoms with Crippen molar-refractivity contribution >= 4 is 11.4 Å². The smallest absolute Gasteiger partial charge is 0.0450 e. The van der Waals surface area contributed by atoms with E-state index >= 15 is 0 Å². The van der Waals surface area contributed by atoms with Gasteiger partial charge in [0.1, 0.15) is 0 Å². The molecular weight excluding hydrogens is 669 g/mol. The largest absolute Gasteiger partial charge is 0.385 e. The molecule has 1 aliphatic rings. The first kappa shape index (κ1) is 41.8. The number of benzene rings is 4. The van der Waals surface area contributed by atoms with E-state index < -0.39 is 0 Å². The van der Waals surface area contributed by atoms with E-state index in [1.807, 2.05) is 0 Å².